The SMILES string of the molecule is CC(=O)NC(C)C(C)C.CC(=O)O.CC(C)C(C)N.Cc1nn(CN)c2ccccc12.Cc1nn(CNCOOCc2ccccc2)c2ccccc12. The number of hydrogen-bond acceptors (Lipinski definition) is 9. The van der Waals surface area contributed by atoms with Crippen LogP contribution in [0.4, 0.5) is 0 Å². The Labute approximate surface area is 314 Å². The monoisotopic (exact) mass is 734 g/mol. The third-order valence-corrected chi connectivity index (χ3v) is 7.92. The van der Waals surface area contributed by atoms with Crippen molar-refractivity contribution >= 4 is 33.7 Å². The van der Waals surface area contributed by atoms with Crippen molar-refractivity contribution in [1.29, 1.82) is 0 Å². The van der Waals surface area contributed by atoms with Crippen LogP contribution in [-0.4, -0.2) is 55.4 Å². The first kappa shape index (κ1) is 46.4. The summed E-state index contributed by atoms with van der Waals surface area (Å²) in [6, 6.07) is 26.8. The van der Waals surface area contributed by atoms with Gasteiger partial charge < -0.3 is 21.9 Å². The molecule has 13 heteroatoms. The summed E-state index contributed by atoms with van der Waals surface area (Å²) < 4.78 is 3.73. The summed E-state index contributed by atoms with van der Waals surface area (Å²) in [5.41, 5.74) is 16.3. The van der Waals surface area contributed by atoms with E-state index in [2.05, 4.69) is 66.7 Å². The molecule has 0 aliphatic heterocycles. The van der Waals surface area contributed by atoms with Gasteiger partial charge in [-0.15, -0.1) is 0 Å². The maximum absolute atomic E-state index is 10.4. The van der Waals surface area contributed by atoms with Crippen LogP contribution in [0.15, 0.2) is 78.9 Å². The second-order valence-electron chi connectivity index (χ2n) is 13.2. The molecule has 0 fully saturated rings. The Morgan fingerprint density at radius 3 is 1.64 bits per heavy atom. The van der Waals surface area contributed by atoms with Crippen LogP contribution in [0.3, 0.4) is 0 Å². The van der Waals surface area contributed by atoms with Gasteiger partial charge in [-0.25, -0.2) is 9.78 Å². The number of carbonyl (C=O) groups is 2. The number of carbonyl (C=O) groups excluding carboxylic acids is 1. The Morgan fingerprint density at radius 2 is 1.21 bits per heavy atom. The van der Waals surface area contributed by atoms with Crippen LogP contribution >= 0.6 is 0 Å². The zero-order valence-corrected chi connectivity index (χ0v) is 33.2. The molecule has 13 nitrogen and oxygen atoms in total. The number of rotatable bonds is 11. The number of nitrogens with one attached hydrogen (secondary N) is 2. The molecule has 2 aromatic heterocycles. The fourth-order valence-electron chi connectivity index (χ4n) is 4.25. The number of aryl methyl sites for hydroxylation is 2. The van der Waals surface area contributed by atoms with Gasteiger partial charge in [-0.05, 0) is 57.2 Å². The van der Waals surface area contributed by atoms with Gasteiger partial charge in [0.05, 0.1) is 35.8 Å². The Bertz CT molecular complexity index is 1740. The summed E-state index contributed by atoms with van der Waals surface area (Å²) in [6.07, 6.45) is 0. The van der Waals surface area contributed by atoms with Crippen molar-refractivity contribution in [3.8, 4) is 0 Å². The highest BCUT2D eigenvalue weighted by Gasteiger charge is 2.07. The predicted molar refractivity (Wildman–Crippen MR) is 213 cm³/mol. The molecule has 2 unspecified atom stereocenters. The maximum atomic E-state index is 10.4. The number of fused-ring (bicyclic) bond motifs is 2. The minimum absolute atomic E-state index is 0.0520. The Hall–Kier alpha value is -4.66. The van der Waals surface area contributed by atoms with E-state index in [-0.39, 0.29) is 5.91 Å². The number of nitrogens with two attached hydrogens (primary N) is 2. The summed E-state index contributed by atoms with van der Waals surface area (Å²) in [4.78, 5) is 29.7. The molecular formula is C40H62N8O5. The molecule has 1 amide bonds. The molecule has 0 radical (unpaired) electrons. The molecule has 7 N–H and O–H groups in total. The van der Waals surface area contributed by atoms with Crippen molar-refractivity contribution in [3.05, 3.63) is 95.8 Å². The molecule has 2 atom stereocenters. The first-order chi connectivity index (χ1) is 25.1. The van der Waals surface area contributed by atoms with Crippen molar-refractivity contribution in [1.82, 2.24) is 30.2 Å². The number of amides is 1. The van der Waals surface area contributed by atoms with Gasteiger partial charge in [0.15, 0.2) is 0 Å². The van der Waals surface area contributed by atoms with Crippen molar-refractivity contribution in [2.75, 3.05) is 6.73 Å². The van der Waals surface area contributed by atoms with E-state index in [0.29, 0.717) is 50.6 Å². The second kappa shape index (κ2) is 25.3. The minimum Gasteiger partial charge on any atom is -0.481 e. The molecule has 2 heterocycles. The molecular weight excluding hydrogens is 672 g/mol. The average molecular weight is 735 g/mol. The van der Waals surface area contributed by atoms with E-state index < -0.39 is 5.97 Å². The van der Waals surface area contributed by atoms with E-state index in [1.54, 1.807) is 6.92 Å². The van der Waals surface area contributed by atoms with Gasteiger partial charge in [0.1, 0.15) is 13.3 Å². The largest absolute Gasteiger partial charge is 0.481 e. The maximum Gasteiger partial charge on any atom is 0.300 e. The summed E-state index contributed by atoms with van der Waals surface area (Å²) in [6.45, 7) is 20.8. The lowest BCUT2D eigenvalue weighted by Crippen LogP contribution is -2.34. The van der Waals surface area contributed by atoms with Crippen LogP contribution in [0, 0.1) is 25.7 Å². The molecule has 0 saturated heterocycles. The standard InChI is InChI=1S/C17H19N3O2.C9H11N3.C7H15NO.C5H13N.C2H4O2/c1-14-16-9-5-6-10-17(16)20(19-14)12-18-13-22-21-11-15-7-3-2-4-8-15;1-7-8-4-2-3-5-9(8)12(6-10)11-7;1-5(2)6(3)8-7(4)9;1-4(2)5(3)6;1-2(3)4/h2-10,18H,11-13H2,1H3;2-5H,6,10H2,1H3;5-6H,1-4H3,(H,8,9);4-5H,6H2,1-3H3;1H3,(H,3,4). The molecule has 292 valence electrons. The summed E-state index contributed by atoms with van der Waals surface area (Å²) >= 11 is 0. The van der Waals surface area contributed by atoms with Gasteiger partial charge >= 0.3 is 0 Å². The van der Waals surface area contributed by atoms with Gasteiger partial charge in [0.25, 0.3) is 5.97 Å². The van der Waals surface area contributed by atoms with Crippen LogP contribution < -0.4 is 22.1 Å². The zero-order valence-electron chi connectivity index (χ0n) is 33.2. The summed E-state index contributed by atoms with van der Waals surface area (Å²) in [5, 5.41) is 24.5. The van der Waals surface area contributed by atoms with Gasteiger partial charge in [-0.2, -0.15) is 10.2 Å². The van der Waals surface area contributed by atoms with Gasteiger partial charge in [0, 0.05) is 36.7 Å². The number of aliphatic carboxylic acids is 1. The highest BCUT2D eigenvalue weighted by Crippen LogP contribution is 2.17. The van der Waals surface area contributed by atoms with E-state index in [1.807, 2.05) is 97.7 Å². The smallest absolute Gasteiger partial charge is 0.300 e. The highest BCUT2D eigenvalue weighted by atomic mass is 17.2. The molecule has 5 aromatic rings. The molecule has 0 saturated carbocycles. The first-order valence-corrected chi connectivity index (χ1v) is 17.8. The summed E-state index contributed by atoms with van der Waals surface area (Å²) in [5.74, 6) is 0.370. The number of aromatic nitrogens is 4. The van der Waals surface area contributed by atoms with Crippen molar-refractivity contribution in [3.63, 3.8) is 0 Å². The number of carboxylic acids is 1. The van der Waals surface area contributed by atoms with Crippen LogP contribution in [0.5, 0.6) is 0 Å². The van der Waals surface area contributed by atoms with Gasteiger partial charge in [-0.3, -0.25) is 24.3 Å². The second-order valence-corrected chi connectivity index (χ2v) is 13.2. The fourth-order valence-corrected chi connectivity index (χ4v) is 4.25. The zero-order chi connectivity index (χ0) is 39.9. The Kier molecular flexibility index (Phi) is 22.2. The van der Waals surface area contributed by atoms with E-state index >= 15 is 0 Å². The highest BCUT2D eigenvalue weighted by molar-refractivity contribution is 5.82. The third kappa shape index (κ3) is 18.6. The average Bonchev–Trinajstić information content (AvgIpc) is 3.62. The molecule has 0 bridgehead atoms. The number of carboxylic acid groups (broad SMARTS) is 1. The number of benzene rings is 3. The molecule has 3 aromatic carbocycles. The van der Waals surface area contributed by atoms with Crippen molar-refractivity contribution in [2.24, 2.45) is 23.3 Å². The predicted octanol–water partition coefficient (Wildman–Crippen LogP) is 6.51. The normalized spacial score (nSPS) is 11.6. The first-order valence-electron chi connectivity index (χ1n) is 17.8. The van der Waals surface area contributed by atoms with E-state index in [9.17, 15) is 4.79 Å². The lowest BCUT2D eigenvalue weighted by Gasteiger charge is -2.15. The van der Waals surface area contributed by atoms with Crippen molar-refractivity contribution in [2.45, 2.75) is 101 Å². The number of para-hydroxylation sites is 2. The van der Waals surface area contributed by atoms with Gasteiger partial charge in [-0.1, -0.05) is 94.4 Å². The van der Waals surface area contributed by atoms with Crippen LogP contribution in [0.1, 0.15) is 72.3 Å². The number of nitrogens with zero attached hydrogens (tertiary/aromatic N) is 4. The quantitative estimate of drug-likeness (QED) is 0.0434. The molecule has 0 spiro atoms. The van der Waals surface area contributed by atoms with Crippen LogP contribution in [0.25, 0.3) is 21.8 Å². The topological polar surface area (TPSA) is 185 Å². The Morgan fingerprint density at radius 1 is 0.755 bits per heavy atom. The van der Waals surface area contributed by atoms with Crippen LogP contribution in [0.2, 0.25) is 0 Å². The van der Waals surface area contributed by atoms with E-state index in [0.717, 1.165) is 34.9 Å². The number of hydrogen-bond donors (Lipinski definition) is 5. The minimum atomic E-state index is -0.833. The third-order valence-electron chi connectivity index (χ3n) is 7.92. The molecule has 0 aliphatic rings. The van der Waals surface area contributed by atoms with Crippen molar-refractivity contribution < 1.29 is 24.5 Å². The van der Waals surface area contributed by atoms with Gasteiger partial charge in [0.2, 0.25) is 5.91 Å². The molecule has 5 rings (SSSR count). The molecule has 53 heavy (non-hydrogen) atoms. The Balaban J connectivity index is 0.000000382. The van der Waals surface area contributed by atoms with E-state index in [4.69, 9.17) is 31.1 Å². The van der Waals surface area contributed by atoms with Crippen LogP contribution in [-0.2, 0) is 39.3 Å². The lowest BCUT2D eigenvalue weighted by molar-refractivity contribution is -0.308. The fraction of sp³-hybridized carbons (Fsp3) is 0.450. The lowest BCUT2D eigenvalue weighted by atomic mass is 10.1. The van der Waals surface area contributed by atoms with E-state index in [1.165, 1.54) is 10.8 Å². The summed E-state index contributed by atoms with van der Waals surface area (Å²) in [7, 11) is 0. The molecule has 0 aliphatic carbocycles.